The summed E-state index contributed by atoms with van der Waals surface area (Å²) in [6.45, 7) is 0.531. The fourth-order valence-corrected chi connectivity index (χ4v) is 0.959. The molecular weight excluding hydrogens is 229 g/mol. The van der Waals surface area contributed by atoms with Gasteiger partial charge in [0, 0.05) is 12.7 Å². The average Bonchev–Trinajstić information content (AvgIpc) is 2.34. The zero-order valence-corrected chi connectivity index (χ0v) is 7.08. The Morgan fingerprint density at radius 1 is 1.78 bits per heavy atom. The Kier molecular flexibility index (Phi) is 2.47. The Morgan fingerprint density at radius 3 is 2.89 bits per heavy atom. The van der Waals surface area contributed by atoms with Gasteiger partial charge in [-0.05, 0) is 6.07 Å². The Labute approximate surface area is 67.4 Å². The minimum absolute atomic E-state index is 0.531. The molecule has 0 aliphatic carbocycles. The van der Waals surface area contributed by atoms with Crippen LogP contribution in [0.2, 0.25) is 0 Å². The molecule has 4 heteroatoms. The molecule has 0 saturated carbocycles. The van der Waals surface area contributed by atoms with Gasteiger partial charge < -0.3 is 5.73 Å². The van der Waals surface area contributed by atoms with Crippen molar-refractivity contribution in [3.05, 3.63) is 18.0 Å². The highest BCUT2D eigenvalue weighted by Gasteiger charge is 1.91. The molecule has 0 unspecified atom stereocenters. The molecule has 0 saturated heterocycles. The summed E-state index contributed by atoms with van der Waals surface area (Å²) in [6, 6.07) is 1.93. The molecule has 3 nitrogen and oxygen atoms in total. The topological polar surface area (TPSA) is 43.8 Å². The lowest BCUT2D eigenvalue weighted by Crippen LogP contribution is -1.99. The lowest BCUT2D eigenvalue weighted by molar-refractivity contribution is 0.743. The van der Waals surface area contributed by atoms with Crippen LogP contribution in [0, 0.1) is 0 Å². The van der Waals surface area contributed by atoms with Crippen LogP contribution in [0.1, 0.15) is 5.69 Å². The van der Waals surface area contributed by atoms with E-state index in [1.165, 1.54) is 0 Å². The highest BCUT2D eigenvalue weighted by molar-refractivity contribution is 14.1. The minimum atomic E-state index is 0.531. The lowest BCUT2D eigenvalue weighted by Gasteiger charge is -1.89. The second-order valence-corrected chi connectivity index (χ2v) is 2.35. The first kappa shape index (κ1) is 7.01. The van der Waals surface area contributed by atoms with Gasteiger partial charge >= 0.3 is 0 Å². The average molecular weight is 237 g/mol. The Hall–Kier alpha value is -0.100. The van der Waals surface area contributed by atoms with Crippen LogP contribution in [0.4, 0.5) is 0 Å². The van der Waals surface area contributed by atoms with Crippen molar-refractivity contribution in [3.8, 4) is 0 Å². The molecule has 0 aliphatic rings. The summed E-state index contributed by atoms with van der Waals surface area (Å²) in [5.41, 5.74) is 6.29. The molecule has 0 radical (unpaired) electrons. The van der Waals surface area contributed by atoms with Gasteiger partial charge in [0.25, 0.3) is 0 Å². The van der Waals surface area contributed by atoms with Gasteiger partial charge in [0.15, 0.2) is 0 Å². The van der Waals surface area contributed by atoms with Crippen molar-refractivity contribution in [2.45, 2.75) is 11.1 Å². The highest BCUT2D eigenvalue weighted by Crippen LogP contribution is 1.96. The van der Waals surface area contributed by atoms with E-state index in [2.05, 4.69) is 27.7 Å². The molecule has 0 aromatic carbocycles. The monoisotopic (exact) mass is 237 g/mol. The van der Waals surface area contributed by atoms with Crippen molar-refractivity contribution in [3.63, 3.8) is 0 Å². The van der Waals surface area contributed by atoms with Crippen LogP contribution in [0.5, 0.6) is 0 Å². The second kappa shape index (κ2) is 3.17. The fraction of sp³-hybridized carbons (Fsp3) is 0.400. The van der Waals surface area contributed by atoms with Gasteiger partial charge in [-0.3, -0.25) is 4.68 Å². The third kappa shape index (κ3) is 1.65. The largest absolute Gasteiger partial charge is 0.325 e. The van der Waals surface area contributed by atoms with Crippen LogP contribution >= 0.6 is 22.6 Å². The van der Waals surface area contributed by atoms with Crippen molar-refractivity contribution in [1.29, 1.82) is 0 Å². The van der Waals surface area contributed by atoms with Crippen molar-refractivity contribution in [2.24, 2.45) is 5.73 Å². The maximum Gasteiger partial charge on any atom is 0.0923 e. The van der Waals surface area contributed by atoms with E-state index in [0.29, 0.717) is 6.54 Å². The van der Waals surface area contributed by atoms with Gasteiger partial charge in [-0.2, -0.15) is 5.10 Å². The van der Waals surface area contributed by atoms with E-state index in [9.17, 15) is 0 Å². The van der Waals surface area contributed by atoms with Gasteiger partial charge in [-0.25, -0.2) is 0 Å². The first-order valence-corrected chi connectivity index (χ1v) is 4.17. The predicted octanol–water partition coefficient (Wildman–Crippen LogP) is 0.734. The van der Waals surface area contributed by atoms with Crippen LogP contribution in [0.25, 0.3) is 0 Å². The molecule has 0 aliphatic heterocycles. The third-order valence-electron chi connectivity index (χ3n) is 1.03. The molecule has 1 heterocycles. The van der Waals surface area contributed by atoms with E-state index in [1.807, 2.05) is 16.9 Å². The molecule has 2 N–H and O–H groups in total. The van der Waals surface area contributed by atoms with E-state index in [-0.39, 0.29) is 0 Å². The molecule has 0 fully saturated rings. The molecule has 0 bridgehead atoms. The molecule has 0 spiro atoms. The lowest BCUT2D eigenvalue weighted by atomic mass is 10.4. The van der Waals surface area contributed by atoms with Crippen molar-refractivity contribution < 1.29 is 0 Å². The van der Waals surface area contributed by atoms with Crippen LogP contribution in [0.15, 0.2) is 12.3 Å². The number of nitrogens with zero attached hydrogens (tertiary/aromatic N) is 2. The van der Waals surface area contributed by atoms with Crippen LogP contribution < -0.4 is 5.73 Å². The number of alkyl halides is 1. The fourth-order valence-electron chi connectivity index (χ4n) is 0.579. The smallest absolute Gasteiger partial charge is 0.0923 e. The summed E-state index contributed by atoms with van der Waals surface area (Å²) in [6.07, 6.45) is 1.93. The van der Waals surface area contributed by atoms with Crippen molar-refractivity contribution in [1.82, 2.24) is 9.78 Å². The summed E-state index contributed by atoms with van der Waals surface area (Å²) in [5.74, 6) is 0. The highest BCUT2D eigenvalue weighted by atomic mass is 127. The maximum absolute atomic E-state index is 5.34. The number of hydrogen-bond acceptors (Lipinski definition) is 2. The van der Waals surface area contributed by atoms with Crippen molar-refractivity contribution >= 4 is 22.6 Å². The molecular formula is C5H8IN3. The molecule has 0 atom stereocenters. The quantitative estimate of drug-likeness (QED) is 0.608. The molecule has 1 aromatic rings. The summed E-state index contributed by atoms with van der Waals surface area (Å²) in [7, 11) is 0. The van der Waals surface area contributed by atoms with E-state index in [1.54, 1.807) is 0 Å². The first-order chi connectivity index (χ1) is 4.36. The zero-order chi connectivity index (χ0) is 6.69. The van der Waals surface area contributed by atoms with E-state index >= 15 is 0 Å². The third-order valence-corrected chi connectivity index (χ3v) is 1.73. The van der Waals surface area contributed by atoms with Gasteiger partial charge in [0.05, 0.1) is 10.2 Å². The molecule has 0 amide bonds. The van der Waals surface area contributed by atoms with Gasteiger partial charge in [0.1, 0.15) is 0 Å². The van der Waals surface area contributed by atoms with Gasteiger partial charge in [-0.1, -0.05) is 22.6 Å². The van der Waals surface area contributed by atoms with Crippen LogP contribution in [-0.2, 0) is 11.1 Å². The Bertz CT molecular complexity index is 166. The summed E-state index contributed by atoms with van der Waals surface area (Å²) in [4.78, 5) is 0. The summed E-state index contributed by atoms with van der Waals surface area (Å²) < 4.78 is 2.74. The zero-order valence-electron chi connectivity index (χ0n) is 4.92. The van der Waals surface area contributed by atoms with E-state index in [4.69, 9.17) is 5.73 Å². The number of rotatable bonds is 2. The summed E-state index contributed by atoms with van der Waals surface area (Å²) in [5, 5.41) is 4.13. The number of hydrogen-bond donors (Lipinski definition) is 1. The van der Waals surface area contributed by atoms with E-state index in [0.717, 1.165) is 10.2 Å². The van der Waals surface area contributed by atoms with Gasteiger partial charge in [0.2, 0.25) is 0 Å². The van der Waals surface area contributed by atoms with E-state index < -0.39 is 0 Å². The number of aromatic nitrogens is 2. The SMILES string of the molecule is NCc1ccn(CI)n1. The Morgan fingerprint density at radius 2 is 2.56 bits per heavy atom. The standard InChI is InChI=1S/C5H8IN3/c6-4-9-2-1-5(3-7)8-9/h1-2H,3-4,7H2. The Balaban J connectivity index is 2.74. The predicted molar refractivity (Wildman–Crippen MR) is 44.1 cm³/mol. The first-order valence-electron chi connectivity index (χ1n) is 2.65. The second-order valence-electron chi connectivity index (χ2n) is 1.67. The number of nitrogens with two attached hydrogens (primary N) is 1. The maximum atomic E-state index is 5.34. The van der Waals surface area contributed by atoms with Crippen molar-refractivity contribution in [2.75, 3.05) is 0 Å². The molecule has 9 heavy (non-hydrogen) atoms. The van der Waals surface area contributed by atoms with Crippen LogP contribution in [-0.4, -0.2) is 9.78 Å². The van der Waals surface area contributed by atoms with Gasteiger partial charge in [-0.15, -0.1) is 0 Å². The number of halogens is 1. The minimum Gasteiger partial charge on any atom is -0.325 e. The normalized spacial score (nSPS) is 10.0. The summed E-state index contributed by atoms with van der Waals surface area (Å²) >= 11 is 2.24. The molecule has 1 aromatic heterocycles. The molecule has 1 rings (SSSR count). The molecule has 50 valence electrons. The van der Waals surface area contributed by atoms with Crippen LogP contribution in [0.3, 0.4) is 0 Å².